The highest BCUT2D eigenvalue weighted by atomic mass is 32.2. The second-order valence-electron chi connectivity index (χ2n) is 4.95. The number of nitrogens with two attached hydrogens (primary N) is 1. The molecule has 3 rings (SSSR count). The van der Waals surface area contributed by atoms with E-state index >= 15 is 0 Å². The van der Waals surface area contributed by atoms with Crippen LogP contribution in [0, 0.1) is 5.82 Å². The molecule has 0 aliphatic carbocycles. The highest BCUT2D eigenvalue weighted by molar-refractivity contribution is 7.99. The quantitative estimate of drug-likeness (QED) is 0.805. The predicted molar refractivity (Wildman–Crippen MR) is 80.9 cm³/mol. The lowest BCUT2D eigenvalue weighted by Crippen LogP contribution is -2.18. The van der Waals surface area contributed by atoms with Gasteiger partial charge in [-0.05, 0) is 61.0 Å². The molecule has 0 aliphatic heterocycles. The van der Waals surface area contributed by atoms with E-state index < -0.39 is 0 Å². The van der Waals surface area contributed by atoms with E-state index in [1.165, 1.54) is 23.9 Å². The average Bonchev–Trinajstić information content (AvgIpc) is 2.85. The smallest absolute Gasteiger partial charge is 0.200 e. The molecular weight excluding hydrogens is 287 g/mol. The number of aromatic nitrogens is 3. The number of benzene rings is 1. The van der Waals surface area contributed by atoms with Crippen LogP contribution in [0.2, 0.25) is 0 Å². The van der Waals surface area contributed by atoms with E-state index in [4.69, 9.17) is 5.73 Å². The van der Waals surface area contributed by atoms with Crippen LogP contribution in [0.15, 0.2) is 52.6 Å². The van der Waals surface area contributed by atoms with E-state index in [1.807, 2.05) is 35.7 Å². The minimum absolute atomic E-state index is 0.0266. The maximum absolute atomic E-state index is 13.4. The van der Waals surface area contributed by atoms with Gasteiger partial charge in [-0.2, -0.15) is 0 Å². The minimum Gasteiger partial charge on any atom is -0.328 e. The van der Waals surface area contributed by atoms with Crippen molar-refractivity contribution in [2.75, 3.05) is 0 Å². The first-order valence-corrected chi connectivity index (χ1v) is 7.47. The van der Waals surface area contributed by atoms with Crippen molar-refractivity contribution < 1.29 is 4.39 Å². The van der Waals surface area contributed by atoms with Crippen LogP contribution in [0.3, 0.4) is 0 Å². The summed E-state index contributed by atoms with van der Waals surface area (Å²) < 4.78 is 15.4. The molecule has 0 bridgehead atoms. The Labute approximate surface area is 126 Å². The van der Waals surface area contributed by atoms with Gasteiger partial charge in [-0.1, -0.05) is 6.07 Å². The molecule has 0 spiro atoms. The SMILES string of the molecule is CC(N)Cc1cc(F)ccc1Sc1nnc2ccccn12. The second kappa shape index (κ2) is 5.83. The number of hydrogen-bond donors (Lipinski definition) is 1. The lowest BCUT2D eigenvalue weighted by molar-refractivity contribution is 0.620. The van der Waals surface area contributed by atoms with E-state index in [0.717, 1.165) is 21.3 Å². The van der Waals surface area contributed by atoms with E-state index in [0.29, 0.717) is 6.42 Å². The third kappa shape index (κ3) is 3.06. The zero-order chi connectivity index (χ0) is 14.8. The minimum atomic E-state index is -0.249. The topological polar surface area (TPSA) is 56.2 Å². The third-order valence-corrected chi connectivity index (χ3v) is 4.13. The van der Waals surface area contributed by atoms with Gasteiger partial charge < -0.3 is 5.73 Å². The van der Waals surface area contributed by atoms with Gasteiger partial charge in [0.05, 0.1) is 0 Å². The van der Waals surface area contributed by atoms with Crippen LogP contribution < -0.4 is 5.73 Å². The van der Waals surface area contributed by atoms with Crippen molar-refractivity contribution in [1.29, 1.82) is 0 Å². The van der Waals surface area contributed by atoms with Crippen LogP contribution in [0.25, 0.3) is 5.65 Å². The maximum Gasteiger partial charge on any atom is 0.200 e. The summed E-state index contributed by atoms with van der Waals surface area (Å²) >= 11 is 1.47. The Bertz CT molecular complexity index is 769. The molecule has 2 N–H and O–H groups in total. The number of hydrogen-bond acceptors (Lipinski definition) is 4. The molecule has 3 aromatic rings. The van der Waals surface area contributed by atoms with Gasteiger partial charge in [0.1, 0.15) is 5.82 Å². The fourth-order valence-electron chi connectivity index (χ4n) is 2.14. The lowest BCUT2D eigenvalue weighted by atomic mass is 10.1. The summed E-state index contributed by atoms with van der Waals surface area (Å²) in [6.07, 6.45) is 2.53. The summed E-state index contributed by atoms with van der Waals surface area (Å²) in [5.74, 6) is -0.249. The molecule has 0 amide bonds. The number of halogens is 1. The van der Waals surface area contributed by atoms with Gasteiger partial charge in [-0.3, -0.25) is 4.40 Å². The van der Waals surface area contributed by atoms with E-state index in [-0.39, 0.29) is 11.9 Å². The van der Waals surface area contributed by atoms with Crippen molar-refractivity contribution in [3.8, 4) is 0 Å². The first-order valence-electron chi connectivity index (χ1n) is 6.65. The van der Waals surface area contributed by atoms with Crippen molar-refractivity contribution >= 4 is 17.4 Å². The fourth-order valence-corrected chi connectivity index (χ4v) is 3.08. The van der Waals surface area contributed by atoms with E-state index in [2.05, 4.69) is 10.2 Å². The van der Waals surface area contributed by atoms with Gasteiger partial charge >= 0.3 is 0 Å². The Morgan fingerprint density at radius 2 is 2.14 bits per heavy atom. The lowest BCUT2D eigenvalue weighted by Gasteiger charge is -2.10. The number of pyridine rings is 1. The van der Waals surface area contributed by atoms with Crippen LogP contribution >= 0.6 is 11.8 Å². The normalized spacial score (nSPS) is 12.7. The zero-order valence-corrected chi connectivity index (χ0v) is 12.3. The predicted octanol–water partition coefficient (Wildman–Crippen LogP) is 2.91. The van der Waals surface area contributed by atoms with Gasteiger partial charge in [0, 0.05) is 17.1 Å². The molecule has 1 atom stereocenters. The highest BCUT2D eigenvalue weighted by Crippen LogP contribution is 2.30. The molecule has 108 valence electrons. The number of fused-ring (bicyclic) bond motifs is 1. The molecule has 6 heteroatoms. The van der Waals surface area contributed by atoms with Crippen molar-refractivity contribution in [1.82, 2.24) is 14.6 Å². The van der Waals surface area contributed by atoms with E-state index in [9.17, 15) is 4.39 Å². The molecule has 21 heavy (non-hydrogen) atoms. The second-order valence-corrected chi connectivity index (χ2v) is 5.96. The molecule has 1 aromatic carbocycles. The summed E-state index contributed by atoms with van der Waals surface area (Å²) in [6.45, 7) is 1.91. The van der Waals surface area contributed by atoms with Gasteiger partial charge in [0.25, 0.3) is 0 Å². The molecule has 0 fully saturated rings. The van der Waals surface area contributed by atoms with Gasteiger partial charge in [0.2, 0.25) is 0 Å². The summed E-state index contributed by atoms with van der Waals surface area (Å²) in [6, 6.07) is 10.5. The number of rotatable bonds is 4. The van der Waals surface area contributed by atoms with Crippen LogP contribution in [0.5, 0.6) is 0 Å². The molecule has 0 saturated carbocycles. The fraction of sp³-hybridized carbons (Fsp3) is 0.200. The van der Waals surface area contributed by atoms with Crippen LogP contribution in [-0.2, 0) is 6.42 Å². The first-order chi connectivity index (χ1) is 10.1. The van der Waals surface area contributed by atoms with Gasteiger partial charge in [-0.15, -0.1) is 10.2 Å². The molecule has 2 heterocycles. The third-order valence-electron chi connectivity index (χ3n) is 3.05. The molecule has 0 aliphatic rings. The Hall–Kier alpha value is -1.92. The summed E-state index contributed by atoms with van der Waals surface area (Å²) in [5.41, 5.74) is 7.52. The monoisotopic (exact) mass is 302 g/mol. The molecule has 4 nitrogen and oxygen atoms in total. The zero-order valence-electron chi connectivity index (χ0n) is 11.5. The molecule has 2 aromatic heterocycles. The Morgan fingerprint density at radius 3 is 2.95 bits per heavy atom. The molecule has 0 radical (unpaired) electrons. The van der Waals surface area contributed by atoms with Crippen molar-refractivity contribution in [3.63, 3.8) is 0 Å². The maximum atomic E-state index is 13.4. The molecule has 1 unspecified atom stereocenters. The largest absolute Gasteiger partial charge is 0.328 e. The summed E-state index contributed by atoms with van der Waals surface area (Å²) in [4.78, 5) is 0.951. The standard InChI is InChI=1S/C15H15FN4S/c1-10(17)8-11-9-12(16)5-6-13(11)21-15-19-18-14-4-2-3-7-20(14)15/h2-7,9-10H,8,17H2,1H3. The molecular formula is C15H15FN4S. The van der Waals surface area contributed by atoms with Crippen LogP contribution in [0.4, 0.5) is 4.39 Å². The highest BCUT2D eigenvalue weighted by Gasteiger charge is 2.12. The van der Waals surface area contributed by atoms with Crippen LogP contribution in [0.1, 0.15) is 12.5 Å². The van der Waals surface area contributed by atoms with Crippen molar-refractivity contribution in [2.24, 2.45) is 5.73 Å². The van der Waals surface area contributed by atoms with E-state index in [1.54, 1.807) is 6.07 Å². The Kier molecular flexibility index (Phi) is 3.90. The van der Waals surface area contributed by atoms with Crippen LogP contribution in [-0.4, -0.2) is 20.6 Å². The summed E-state index contributed by atoms with van der Waals surface area (Å²) in [7, 11) is 0. The van der Waals surface area contributed by atoms with Crippen molar-refractivity contribution in [2.45, 2.75) is 29.4 Å². The Morgan fingerprint density at radius 1 is 1.29 bits per heavy atom. The molecule has 0 saturated heterocycles. The average molecular weight is 302 g/mol. The van der Waals surface area contributed by atoms with Gasteiger partial charge in [-0.25, -0.2) is 4.39 Å². The first kappa shape index (κ1) is 14.0. The van der Waals surface area contributed by atoms with Gasteiger partial charge in [0.15, 0.2) is 10.8 Å². The Balaban J connectivity index is 1.97. The van der Waals surface area contributed by atoms with Crippen molar-refractivity contribution in [3.05, 3.63) is 54.0 Å². The summed E-state index contributed by atoms with van der Waals surface area (Å²) in [5, 5.41) is 9.05. The number of nitrogens with zero attached hydrogens (tertiary/aromatic N) is 3.